The van der Waals surface area contributed by atoms with E-state index in [2.05, 4.69) is 10.2 Å². The van der Waals surface area contributed by atoms with E-state index in [0.717, 1.165) is 11.3 Å². The summed E-state index contributed by atoms with van der Waals surface area (Å²) in [5.74, 6) is 1.43. The number of primary amides is 1. The molecule has 2 aromatic heterocycles. The maximum Gasteiger partial charge on any atom is 0.217 e. The second-order valence-corrected chi connectivity index (χ2v) is 6.39. The maximum absolute atomic E-state index is 13.0. The van der Waals surface area contributed by atoms with Gasteiger partial charge >= 0.3 is 0 Å². The summed E-state index contributed by atoms with van der Waals surface area (Å²) in [6.45, 7) is 0.472. The fourth-order valence-electron chi connectivity index (χ4n) is 2.29. The Labute approximate surface area is 148 Å². The highest BCUT2D eigenvalue weighted by Crippen LogP contribution is 2.23. The van der Waals surface area contributed by atoms with E-state index in [-0.39, 0.29) is 18.1 Å². The standard InChI is InChI=1S/C17H17FN4O2S/c18-13-5-3-12(4-6-13)11-25-17-21-20-16(8-7-15(19)23)22(17)10-14-2-1-9-24-14/h1-6,9H,7-8,10-11H2,(H2,19,23). The first-order chi connectivity index (χ1) is 12.1. The van der Waals surface area contributed by atoms with Crippen molar-refractivity contribution in [3.05, 3.63) is 65.6 Å². The van der Waals surface area contributed by atoms with Crippen molar-refractivity contribution in [1.29, 1.82) is 0 Å². The van der Waals surface area contributed by atoms with Crippen molar-refractivity contribution in [2.45, 2.75) is 30.3 Å². The zero-order valence-corrected chi connectivity index (χ0v) is 14.2. The second-order valence-electron chi connectivity index (χ2n) is 5.45. The van der Waals surface area contributed by atoms with Gasteiger partial charge in [-0.1, -0.05) is 23.9 Å². The van der Waals surface area contributed by atoms with Crippen molar-refractivity contribution in [3.63, 3.8) is 0 Å². The molecule has 0 bridgehead atoms. The molecule has 0 radical (unpaired) electrons. The number of halogens is 1. The number of nitrogens with zero attached hydrogens (tertiary/aromatic N) is 3. The SMILES string of the molecule is NC(=O)CCc1nnc(SCc2ccc(F)cc2)n1Cc1ccco1. The fourth-order valence-corrected chi connectivity index (χ4v) is 3.20. The van der Waals surface area contributed by atoms with Crippen LogP contribution in [-0.2, 0) is 23.5 Å². The number of carbonyl (C=O) groups is 1. The first-order valence-electron chi connectivity index (χ1n) is 7.72. The molecule has 3 aromatic rings. The third-order valence-corrected chi connectivity index (χ3v) is 4.60. The van der Waals surface area contributed by atoms with E-state index < -0.39 is 0 Å². The van der Waals surface area contributed by atoms with Crippen LogP contribution in [0.1, 0.15) is 23.6 Å². The van der Waals surface area contributed by atoms with Crippen LogP contribution in [0.2, 0.25) is 0 Å². The lowest BCUT2D eigenvalue weighted by molar-refractivity contribution is -0.118. The summed E-state index contributed by atoms with van der Waals surface area (Å²) < 4.78 is 20.3. The van der Waals surface area contributed by atoms with Gasteiger partial charge in [-0.05, 0) is 29.8 Å². The topological polar surface area (TPSA) is 86.9 Å². The van der Waals surface area contributed by atoms with Crippen molar-refractivity contribution < 1.29 is 13.6 Å². The Kier molecular flexibility index (Phi) is 5.49. The van der Waals surface area contributed by atoms with Crippen LogP contribution in [0, 0.1) is 5.82 Å². The number of rotatable bonds is 8. The number of aromatic nitrogens is 3. The Bertz CT molecular complexity index is 831. The lowest BCUT2D eigenvalue weighted by atomic mass is 10.2. The summed E-state index contributed by atoms with van der Waals surface area (Å²) in [6, 6.07) is 10.0. The smallest absolute Gasteiger partial charge is 0.217 e. The molecule has 3 rings (SSSR count). The lowest BCUT2D eigenvalue weighted by Gasteiger charge is -2.08. The number of hydrogen-bond donors (Lipinski definition) is 1. The van der Waals surface area contributed by atoms with E-state index >= 15 is 0 Å². The van der Waals surface area contributed by atoms with Crippen LogP contribution < -0.4 is 5.73 Å². The van der Waals surface area contributed by atoms with Crippen LogP contribution in [0.4, 0.5) is 4.39 Å². The van der Waals surface area contributed by atoms with E-state index in [4.69, 9.17) is 10.2 Å². The fraction of sp³-hybridized carbons (Fsp3) is 0.235. The molecule has 0 saturated heterocycles. The van der Waals surface area contributed by atoms with Crippen molar-refractivity contribution in [2.75, 3.05) is 0 Å². The molecule has 0 saturated carbocycles. The van der Waals surface area contributed by atoms with Gasteiger partial charge in [-0.25, -0.2) is 4.39 Å². The highest BCUT2D eigenvalue weighted by atomic mass is 32.2. The summed E-state index contributed by atoms with van der Waals surface area (Å²) in [4.78, 5) is 11.1. The quantitative estimate of drug-likeness (QED) is 0.624. The third kappa shape index (κ3) is 4.69. The van der Waals surface area contributed by atoms with Crippen molar-refractivity contribution in [3.8, 4) is 0 Å². The van der Waals surface area contributed by atoms with Crippen molar-refractivity contribution >= 4 is 17.7 Å². The molecule has 0 unspecified atom stereocenters. The first-order valence-corrected chi connectivity index (χ1v) is 8.70. The average molecular weight is 360 g/mol. The first kappa shape index (κ1) is 17.2. The van der Waals surface area contributed by atoms with E-state index in [1.807, 2.05) is 16.7 Å². The zero-order valence-electron chi connectivity index (χ0n) is 13.4. The molecule has 2 heterocycles. The molecule has 0 atom stereocenters. The van der Waals surface area contributed by atoms with Crippen LogP contribution in [0.3, 0.4) is 0 Å². The Hall–Kier alpha value is -2.61. The van der Waals surface area contributed by atoms with Gasteiger partial charge in [0.05, 0.1) is 12.8 Å². The minimum Gasteiger partial charge on any atom is -0.467 e. The Morgan fingerprint density at radius 2 is 2.04 bits per heavy atom. The maximum atomic E-state index is 13.0. The Morgan fingerprint density at radius 1 is 1.24 bits per heavy atom. The zero-order chi connectivity index (χ0) is 17.6. The highest BCUT2D eigenvalue weighted by Gasteiger charge is 2.15. The molecule has 0 aliphatic carbocycles. The normalized spacial score (nSPS) is 10.9. The number of aryl methyl sites for hydroxylation is 1. The van der Waals surface area contributed by atoms with Gasteiger partial charge in [-0.15, -0.1) is 10.2 Å². The predicted octanol–water partition coefficient (Wildman–Crippen LogP) is 2.77. The molecule has 1 aromatic carbocycles. The van der Waals surface area contributed by atoms with Gasteiger partial charge in [0, 0.05) is 18.6 Å². The van der Waals surface area contributed by atoms with E-state index in [1.165, 1.54) is 23.9 Å². The van der Waals surface area contributed by atoms with Gasteiger partial charge in [-0.3, -0.25) is 9.36 Å². The van der Waals surface area contributed by atoms with Crippen LogP contribution in [0.5, 0.6) is 0 Å². The Morgan fingerprint density at radius 3 is 2.72 bits per heavy atom. The molecule has 6 nitrogen and oxygen atoms in total. The molecule has 0 aliphatic rings. The van der Waals surface area contributed by atoms with E-state index in [9.17, 15) is 9.18 Å². The van der Waals surface area contributed by atoms with Gasteiger partial charge in [0.25, 0.3) is 0 Å². The second kappa shape index (κ2) is 7.98. The van der Waals surface area contributed by atoms with Crippen LogP contribution >= 0.6 is 11.8 Å². The summed E-state index contributed by atoms with van der Waals surface area (Å²) >= 11 is 1.49. The molecule has 2 N–H and O–H groups in total. The number of nitrogens with two attached hydrogens (primary N) is 1. The minimum atomic E-state index is -0.381. The number of hydrogen-bond acceptors (Lipinski definition) is 5. The third-order valence-electron chi connectivity index (χ3n) is 3.56. The molecular formula is C17H17FN4O2S. The molecule has 0 aliphatic heterocycles. The Balaban J connectivity index is 1.76. The van der Waals surface area contributed by atoms with Crippen LogP contribution in [0.15, 0.2) is 52.2 Å². The molecule has 0 spiro atoms. The van der Waals surface area contributed by atoms with E-state index in [1.54, 1.807) is 18.4 Å². The van der Waals surface area contributed by atoms with Crippen LogP contribution in [0.25, 0.3) is 0 Å². The number of thioether (sulfide) groups is 1. The predicted molar refractivity (Wildman–Crippen MR) is 91.3 cm³/mol. The molecule has 130 valence electrons. The summed E-state index contributed by atoms with van der Waals surface area (Å²) in [7, 11) is 0. The van der Waals surface area contributed by atoms with Gasteiger partial charge in [0.2, 0.25) is 5.91 Å². The molecule has 1 amide bonds. The lowest BCUT2D eigenvalue weighted by Crippen LogP contribution is -2.14. The van der Waals surface area contributed by atoms with E-state index in [0.29, 0.717) is 29.7 Å². The number of amides is 1. The van der Waals surface area contributed by atoms with Gasteiger partial charge < -0.3 is 10.2 Å². The van der Waals surface area contributed by atoms with Crippen molar-refractivity contribution in [1.82, 2.24) is 14.8 Å². The number of benzene rings is 1. The average Bonchev–Trinajstić information content (AvgIpc) is 3.23. The highest BCUT2D eigenvalue weighted by molar-refractivity contribution is 7.98. The van der Waals surface area contributed by atoms with Crippen molar-refractivity contribution in [2.24, 2.45) is 5.73 Å². The number of furan rings is 1. The largest absolute Gasteiger partial charge is 0.467 e. The molecule has 0 fully saturated rings. The molecule has 25 heavy (non-hydrogen) atoms. The summed E-state index contributed by atoms with van der Waals surface area (Å²) in [5, 5.41) is 9.10. The minimum absolute atomic E-state index is 0.207. The molecule has 8 heteroatoms. The van der Waals surface area contributed by atoms with Gasteiger partial charge in [-0.2, -0.15) is 0 Å². The summed E-state index contributed by atoms with van der Waals surface area (Å²) in [6.07, 6.45) is 2.23. The van der Waals surface area contributed by atoms with Gasteiger partial charge in [0.15, 0.2) is 5.16 Å². The van der Waals surface area contributed by atoms with Gasteiger partial charge in [0.1, 0.15) is 17.4 Å². The van der Waals surface area contributed by atoms with Crippen LogP contribution in [-0.4, -0.2) is 20.7 Å². The number of carbonyl (C=O) groups excluding carboxylic acids is 1. The summed E-state index contributed by atoms with van der Waals surface area (Å²) in [5.41, 5.74) is 6.21. The molecular weight excluding hydrogens is 343 g/mol. The monoisotopic (exact) mass is 360 g/mol.